The van der Waals surface area contributed by atoms with E-state index in [0.29, 0.717) is 10.2 Å². The summed E-state index contributed by atoms with van der Waals surface area (Å²) in [5.41, 5.74) is 0.441. The third-order valence-corrected chi connectivity index (χ3v) is 6.16. The van der Waals surface area contributed by atoms with Crippen LogP contribution in [0.4, 0.5) is 0 Å². The van der Waals surface area contributed by atoms with E-state index in [1.54, 1.807) is 11.3 Å². The zero-order chi connectivity index (χ0) is 18.2. The molecule has 3 aromatic heterocycles. The zero-order valence-corrected chi connectivity index (χ0v) is 16.4. The first-order valence-corrected chi connectivity index (χ1v) is 9.85. The molecule has 1 N–H and O–H groups in total. The Kier molecular flexibility index (Phi) is 4.79. The van der Waals surface area contributed by atoms with E-state index in [0.717, 1.165) is 16.9 Å². The molecular weight excluding hydrogens is 354 g/mol. The molecule has 1 amide bonds. The lowest BCUT2D eigenvalue weighted by Crippen LogP contribution is -2.45. The Morgan fingerprint density at radius 3 is 2.76 bits per heavy atom. The molecule has 3 heterocycles. The molecule has 0 bridgehead atoms. The third kappa shape index (κ3) is 3.67. The Labute approximate surface area is 154 Å². The number of hydrogen-bond donors (Lipinski definition) is 1. The number of thiophene rings is 2. The average molecular weight is 376 g/mol. The fourth-order valence-corrected chi connectivity index (χ4v) is 4.36. The number of nitrogens with zero attached hydrogens (tertiary/aromatic N) is 2. The van der Waals surface area contributed by atoms with E-state index in [4.69, 9.17) is 0 Å². The van der Waals surface area contributed by atoms with Gasteiger partial charge >= 0.3 is 0 Å². The van der Waals surface area contributed by atoms with Gasteiger partial charge in [-0.3, -0.25) is 14.2 Å². The number of aryl methyl sites for hydroxylation is 1. The standard InChI is InChI=1S/C18H21N3O2S2/c1-5-18(3,4)20-14(22)8-21-10-19-16-15(17(21)23)12(9-24-16)13-7-6-11(2)25-13/h6-7,9-10H,5,8H2,1-4H3,(H,20,22). The second-order valence-corrected chi connectivity index (χ2v) is 8.85. The van der Waals surface area contributed by atoms with Gasteiger partial charge in [-0.05, 0) is 39.3 Å². The molecule has 0 saturated carbocycles. The maximum atomic E-state index is 12.9. The van der Waals surface area contributed by atoms with E-state index in [9.17, 15) is 9.59 Å². The highest BCUT2D eigenvalue weighted by molar-refractivity contribution is 7.19. The Bertz CT molecular complexity index is 982. The first-order chi connectivity index (χ1) is 11.8. The Balaban J connectivity index is 1.97. The van der Waals surface area contributed by atoms with Crippen LogP contribution >= 0.6 is 22.7 Å². The number of amides is 1. The van der Waals surface area contributed by atoms with Crippen LogP contribution in [0.1, 0.15) is 32.1 Å². The van der Waals surface area contributed by atoms with Gasteiger partial charge in [-0.2, -0.15) is 0 Å². The van der Waals surface area contributed by atoms with Gasteiger partial charge in [0.05, 0.1) is 11.7 Å². The highest BCUT2D eigenvalue weighted by Gasteiger charge is 2.19. The topological polar surface area (TPSA) is 64.0 Å². The maximum absolute atomic E-state index is 12.9. The molecule has 3 aromatic rings. The van der Waals surface area contributed by atoms with Crippen molar-refractivity contribution in [1.82, 2.24) is 14.9 Å². The van der Waals surface area contributed by atoms with Crippen molar-refractivity contribution in [3.63, 3.8) is 0 Å². The first-order valence-electron chi connectivity index (χ1n) is 8.15. The van der Waals surface area contributed by atoms with Crippen molar-refractivity contribution in [1.29, 1.82) is 0 Å². The Hall–Kier alpha value is -1.99. The van der Waals surface area contributed by atoms with Gasteiger partial charge in [0, 0.05) is 26.2 Å². The molecule has 0 aromatic carbocycles. The van der Waals surface area contributed by atoms with Crippen molar-refractivity contribution in [2.24, 2.45) is 0 Å². The zero-order valence-electron chi connectivity index (χ0n) is 14.8. The summed E-state index contributed by atoms with van der Waals surface area (Å²) in [6.07, 6.45) is 2.28. The van der Waals surface area contributed by atoms with Crippen LogP contribution < -0.4 is 10.9 Å². The van der Waals surface area contributed by atoms with Gasteiger partial charge < -0.3 is 5.32 Å². The lowest BCUT2D eigenvalue weighted by molar-refractivity contribution is -0.123. The van der Waals surface area contributed by atoms with Crippen LogP contribution in [0.5, 0.6) is 0 Å². The fraction of sp³-hybridized carbons (Fsp3) is 0.389. The fourth-order valence-electron chi connectivity index (χ4n) is 2.50. The summed E-state index contributed by atoms with van der Waals surface area (Å²) in [7, 11) is 0. The molecule has 0 aliphatic rings. The van der Waals surface area contributed by atoms with Crippen molar-refractivity contribution in [2.75, 3.05) is 0 Å². The number of carbonyl (C=O) groups is 1. The highest BCUT2D eigenvalue weighted by Crippen LogP contribution is 2.34. The number of fused-ring (bicyclic) bond motifs is 1. The SMILES string of the molecule is CCC(C)(C)NC(=O)Cn1cnc2scc(-c3ccc(C)s3)c2c1=O. The summed E-state index contributed by atoms with van der Waals surface area (Å²) in [4.78, 5) is 32.5. The predicted octanol–water partition coefficient (Wildman–Crippen LogP) is 3.80. The molecule has 0 atom stereocenters. The molecule has 0 saturated heterocycles. The summed E-state index contributed by atoms with van der Waals surface area (Å²) < 4.78 is 1.39. The van der Waals surface area contributed by atoms with Crippen molar-refractivity contribution >= 4 is 38.8 Å². The quantitative estimate of drug-likeness (QED) is 0.738. The molecule has 0 aliphatic carbocycles. The third-order valence-electron chi connectivity index (χ3n) is 4.24. The van der Waals surface area contributed by atoms with E-state index in [1.165, 1.54) is 27.1 Å². The highest BCUT2D eigenvalue weighted by atomic mass is 32.1. The Morgan fingerprint density at radius 2 is 2.12 bits per heavy atom. The average Bonchev–Trinajstić information content (AvgIpc) is 3.16. The monoisotopic (exact) mass is 375 g/mol. The second-order valence-electron chi connectivity index (χ2n) is 6.70. The van der Waals surface area contributed by atoms with E-state index < -0.39 is 0 Å². The van der Waals surface area contributed by atoms with Crippen LogP contribution in [0, 0.1) is 6.92 Å². The summed E-state index contributed by atoms with van der Waals surface area (Å²) in [6.45, 7) is 7.96. The van der Waals surface area contributed by atoms with Gasteiger partial charge in [0.25, 0.3) is 5.56 Å². The molecule has 7 heteroatoms. The lowest BCUT2D eigenvalue weighted by atomic mass is 10.0. The van der Waals surface area contributed by atoms with E-state index in [2.05, 4.69) is 10.3 Å². The molecule has 0 spiro atoms. The van der Waals surface area contributed by atoms with Crippen LogP contribution in [0.15, 0.2) is 28.6 Å². The van der Waals surface area contributed by atoms with Crippen LogP contribution in [-0.2, 0) is 11.3 Å². The largest absolute Gasteiger partial charge is 0.350 e. The van der Waals surface area contributed by atoms with Crippen LogP contribution in [0.2, 0.25) is 0 Å². The van der Waals surface area contributed by atoms with Crippen LogP contribution in [-0.4, -0.2) is 21.0 Å². The Morgan fingerprint density at radius 1 is 1.36 bits per heavy atom. The first kappa shape index (κ1) is 17.8. The van der Waals surface area contributed by atoms with Gasteiger partial charge in [-0.1, -0.05) is 6.92 Å². The summed E-state index contributed by atoms with van der Waals surface area (Å²) in [6, 6.07) is 4.06. The normalized spacial score (nSPS) is 11.8. The van der Waals surface area contributed by atoms with Crippen molar-refractivity contribution < 1.29 is 4.79 Å². The molecule has 0 aliphatic heterocycles. The summed E-state index contributed by atoms with van der Waals surface area (Å²) in [5.74, 6) is -0.182. The summed E-state index contributed by atoms with van der Waals surface area (Å²) >= 11 is 3.11. The minimum absolute atomic E-state index is 0.0239. The summed E-state index contributed by atoms with van der Waals surface area (Å²) in [5, 5.41) is 5.51. The van der Waals surface area contributed by atoms with Gasteiger partial charge in [0.2, 0.25) is 5.91 Å². The van der Waals surface area contributed by atoms with Crippen molar-refractivity contribution in [2.45, 2.75) is 46.2 Å². The predicted molar refractivity (Wildman–Crippen MR) is 104 cm³/mol. The molecule has 0 radical (unpaired) electrons. The number of carbonyl (C=O) groups excluding carboxylic acids is 1. The molecule has 5 nitrogen and oxygen atoms in total. The van der Waals surface area contributed by atoms with Gasteiger partial charge in [-0.25, -0.2) is 4.98 Å². The number of hydrogen-bond acceptors (Lipinski definition) is 5. The molecule has 0 fully saturated rings. The number of aromatic nitrogens is 2. The van der Waals surface area contributed by atoms with Gasteiger partial charge in [0.1, 0.15) is 11.4 Å². The molecular formula is C18H21N3O2S2. The van der Waals surface area contributed by atoms with E-state index in [-0.39, 0.29) is 23.6 Å². The molecule has 25 heavy (non-hydrogen) atoms. The molecule has 3 rings (SSSR count). The smallest absolute Gasteiger partial charge is 0.263 e. The van der Waals surface area contributed by atoms with Crippen molar-refractivity contribution in [3.05, 3.63) is 39.1 Å². The van der Waals surface area contributed by atoms with E-state index in [1.807, 2.05) is 45.2 Å². The van der Waals surface area contributed by atoms with Crippen molar-refractivity contribution in [3.8, 4) is 10.4 Å². The maximum Gasteiger partial charge on any atom is 0.263 e. The van der Waals surface area contributed by atoms with Gasteiger partial charge in [0.15, 0.2) is 0 Å². The van der Waals surface area contributed by atoms with E-state index >= 15 is 0 Å². The van der Waals surface area contributed by atoms with Gasteiger partial charge in [-0.15, -0.1) is 22.7 Å². The molecule has 132 valence electrons. The number of rotatable bonds is 5. The second kappa shape index (κ2) is 6.72. The molecule has 0 unspecified atom stereocenters. The van der Waals surface area contributed by atoms with Crippen LogP contribution in [0.25, 0.3) is 20.7 Å². The minimum atomic E-state index is -0.291. The minimum Gasteiger partial charge on any atom is -0.350 e. The number of nitrogens with one attached hydrogen (secondary N) is 1. The van der Waals surface area contributed by atoms with Crippen LogP contribution in [0.3, 0.4) is 0 Å². The lowest BCUT2D eigenvalue weighted by Gasteiger charge is -2.24.